The summed E-state index contributed by atoms with van der Waals surface area (Å²) in [6.07, 6.45) is 2.70. The van der Waals surface area contributed by atoms with E-state index < -0.39 is 5.60 Å². The Bertz CT molecular complexity index is 349. The van der Waals surface area contributed by atoms with Gasteiger partial charge in [-0.1, -0.05) is 0 Å². The normalized spacial score (nSPS) is 28.2. The van der Waals surface area contributed by atoms with Crippen LogP contribution in [-0.2, 0) is 4.74 Å². The van der Waals surface area contributed by atoms with Gasteiger partial charge in [0.2, 0.25) is 0 Å². The molecule has 2 N–H and O–H groups in total. The topological polar surface area (TPSA) is 67.9 Å². The molecule has 0 atom stereocenters. The Hall–Kier alpha value is -1.26. The van der Waals surface area contributed by atoms with Gasteiger partial charge in [0.05, 0.1) is 0 Å². The Balaban J connectivity index is 1.89. The lowest BCUT2D eigenvalue weighted by molar-refractivity contribution is 0.0269. The maximum absolute atomic E-state index is 11.9. The molecule has 2 aliphatic rings. The van der Waals surface area contributed by atoms with Crippen LogP contribution >= 0.6 is 0 Å². The van der Waals surface area contributed by atoms with Crippen molar-refractivity contribution in [3.8, 4) is 0 Å². The molecule has 0 radical (unpaired) electrons. The number of hydrogen-bond acceptors (Lipinski definition) is 4. The molecule has 1 aliphatic carbocycles. The van der Waals surface area contributed by atoms with Crippen LogP contribution in [-0.4, -0.2) is 35.4 Å². The number of amides is 1. The van der Waals surface area contributed by atoms with Gasteiger partial charge in [-0.3, -0.25) is 0 Å². The number of carbonyl (C=O) groups excluding carboxylic acids is 1. The van der Waals surface area contributed by atoms with Crippen molar-refractivity contribution in [2.75, 3.05) is 13.1 Å². The van der Waals surface area contributed by atoms with Crippen molar-refractivity contribution >= 4 is 11.8 Å². The summed E-state index contributed by atoms with van der Waals surface area (Å²) < 4.78 is 5.37. The minimum Gasteiger partial charge on any atom is -0.444 e. The fourth-order valence-electron chi connectivity index (χ4n) is 2.61. The molecule has 5 heteroatoms. The summed E-state index contributed by atoms with van der Waals surface area (Å²) in [5.74, 6) is 5.25. The quantitative estimate of drug-likeness (QED) is 0.517. The third-order valence-electron chi connectivity index (χ3n) is 3.43. The van der Waals surface area contributed by atoms with E-state index in [9.17, 15) is 4.79 Å². The molecule has 1 saturated heterocycles. The monoisotopic (exact) mass is 239 g/mol. The smallest absolute Gasteiger partial charge is 0.410 e. The van der Waals surface area contributed by atoms with Gasteiger partial charge in [0, 0.05) is 24.2 Å². The average molecular weight is 239 g/mol. The predicted molar refractivity (Wildman–Crippen MR) is 65.7 cm³/mol. The van der Waals surface area contributed by atoms with Gasteiger partial charge in [-0.25, -0.2) is 4.79 Å². The largest absolute Gasteiger partial charge is 0.444 e. The van der Waals surface area contributed by atoms with Crippen LogP contribution in [0.5, 0.6) is 0 Å². The minimum atomic E-state index is -0.420. The van der Waals surface area contributed by atoms with Gasteiger partial charge in [-0.15, -0.1) is 0 Å². The summed E-state index contributed by atoms with van der Waals surface area (Å²) in [5.41, 5.74) is 0.877. The van der Waals surface area contributed by atoms with E-state index in [1.807, 2.05) is 20.8 Å². The van der Waals surface area contributed by atoms with E-state index in [1.54, 1.807) is 4.90 Å². The molecule has 2 rings (SSSR count). The van der Waals surface area contributed by atoms with Crippen LogP contribution in [0.25, 0.3) is 0 Å². The van der Waals surface area contributed by atoms with Crippen molar-refractivity contribution in [1.82, 2.24) is 4.90 Å². The second-order valence-corrected chi connectivity index (χ2v) is 6.20. The maximum atomic E-state index is 11.9. The van der Waals surface area contributed by atoms with Gasteiger partial charge in [0.15, 0.2) is 0 Å². The molecule has 0 aromatic rings. The molecule has 1 saturated carbocycles. The highest BCUT2D eigenvalue weighted by Crippen LogP contribution is 2.46. The Morgan fingerprint density at radius 2 is 2.12 bits per heavy atom. The highest BCUT2D eigenvalue weighted by atomic mass is 16.6. The number of hydrogen-bond donors (Lipinski definition) is 1. The van der Waals surface area contributed by atoms with E-state index in [0.29, 0.717) is 0 Å². The van der Waals surface area contributed by atoms with Crippen molar-refractivity contribution in [3.63, 3.8) is 0 Å². The first kappa shape index (κ1) is 12.2. The van der Waals surface area contributed by atoms with Gasteiger partial charge < -0.3 is 15.5 Å². The zero-order valence-corrected chi connectivity index (χ0v) is 10.8. The maximum Gasteiger partial charge on any atom is 0.410 e. The highest BCUT2D eigenvalue weighted by Gasteiger charge is 2.48. The summed E-state index contributed by atoms with van der Waals surface area (Å²) in [7, 11) is 0. The van der Waals surface area contributed by atoms with E-state index in [-0.39, 0.29) is 11.5 Å². The summed E-state index contributed by atoms with van der Waals surface area (Å²) in [6, 6.07) is 0. The van der Waals surface area contributed by atoms with Gasteiger partial charge in [-0.2, -0.15) is 5.10 Å². The number of nitrogens with zero attached hydrogens (tertiary/aromatic N) is 2. The molecule has 1 amide bonds. The number of carbonyl (C=O) groups is 1. The molecular weight excluding hydrogens is 218 g/mol. The molecule has 1 spiro atoms. The molecule has 1 aliphatic heterocycles. The summed E-state index contributed by atoms with van der Waals surface area (Å²) in [4.78, 5) is 13.7. The fourth-order valence-corrected chi connectivity index (χ4v) is 2.61. The lowest BCUT2D eigenvalue weighted by Gasteiger charge is -2.38. The average Bonchev–Trinajstić information content (AvgIpc) is 2.56. The highest BCUT2D eigenvalue weighted by molar-refractivity contribution is 5.91. The van der Waals surface area contributed by atoms with Crippen LogP contribution in [0, 0.1) is 5.41 Å². The molecule has 96 valence electrons. The van der Waals surface area contributed by atoms with Crippen LogP contribution in [0.2, 0.25) is 0 Å². The first-order valence-electron chi connectivity index (χ1n) is 6.07. The van der Waals surface area contributed by atoms with E-state index in [2.05, 4.69) is 5.10 Å². The van der Waals surface area contributed by atoms with Crippen LogP contribution in [0.15, 0.2) is 5.10 Å². The molecule has 5 nitrogen and oxygen atoms in total. The van der Waals surface area contributed by atoms with Crippen molar-refractivity contribution in [2.45, 2.75) is 45.6 Å². The van der Waals surface area contributed by atoms with Crippen LogP contribution in [0.4, 0.5) is 4.79 Å². The summed E-state index contributed by atoms with van der Waals surface area (Å²) >= 11 is 0. The van der Waals surface area contributed by atoms with Crippen molar-refractivity contribution in [1.29, 1.82) is 0 Å². The Morgan fingerprint density at radius 1 is 1.47 bits per heavy atom. The fraction of sp³-hybridized carbons (Fsp3) is 0.833. The number of ether oxygens (including phenoxy) is 1. The van der Waals surface area contributed by atoms with E-state index in [4.69, 9.17) is 10.6 Å². The van der Waals surface area contributed by atoms with Crippen LogP contribution in [0.3, 0.4) is 0 Å². The Morgan fingerprint density at radius 3 is 2.65 bits per heavy atom. The summed E-state index contributed by atoms with van der Waals surface area (Å²) in [5, 5.41) is 3.72. The molecule has 2 fully saturated rings. The van der Waals surface area contributed by atoms with E-state index in [0.717, 1.165) is 38.1 Å². The van der Waals surface area contributed by atoms with Crippen molar-refractivity contribution in [3.05, 3.63) is 0 Å². The van der Waals surface area contributed by atoms with Crippen molar-refractivity contribution < 1.29 is 9.53 Å². The van der Waals surface area contributed by atoms with Crippen LogP contribution < -0.4 is 5.84 Å². The first-order valence-corrected chi connectivity index (χ1v) is 6.07. The number of hydrazone groups is 1. The van der Waals surface area contributed by atoms with E-state index in [1.165, 1.54) is 0 Å². The zero-order chi connectivity index (χ0) is 12.7. The second kappa shape index (κ2) is 3.89. The number of nitrogens with two attached hydrogens (primary N) is 1. The van der Waals surface area contributed by atoms with Gasteiger partial charge in [-0.05, 0) is 40.0 Å². The SMILES string of the molecule is CC(C)(C)OC(=O)N1CCC2(CC(=NN)C2)C1. The standard InChI is InChI=1S/C12H21N3O2/c1-11(2,3)17-10(16)15-5-4-12(8-15)6-9(7-12)14-13/h4-8,13H2,1-3H3. The van der Waals surface area contributed by atoms with Gasteiger partial charge in [0.25, 0.3) is 0 Å². The zero-order valence-electron chi connectivity index (χ0n) is 10.8. The van der Waals surface area contributed by atoms with E-state index >= 15 is 0 Å². The lowest BCUT2D eigenvalue weighted by atomic mass is 9.67. The minimum absolute atomic E-state index is 0.201. The number of rotatable bonds is 0. The van der Waals surface area contributed by atoms with Crippen molar-refractivity contribution in [2.24, 2.45) is 16.4 Å². The third kappa shape index (κ3) is 2.53. The van der Waals surface area contributed by atoms with Gasteiger partial charge >= 0.3 is 6.09 Å². The molecule has 0 aromatic carbocycles. The predicted octanol–water partition coefficient (Wildman–Crippen LogP) is 1.72. The molecule has 0 bridgehead atoms. The molecule has 17 heavy (non-hydrogen) atoms. The Labute approximate surface area is 102 Å². The van der Waals surface area contributed by atoms with Gasteiger partial charge in [0.1, 0.15) is 5.60 Å². The third-order valence-corrected chi connectivity index (χ3v) is 3.43. The van der Waals surface area contributed by atoms with Crippen LogP contribution in [0.1, 0.15) is 40.0 Å². The molecular formula is C12H21N3O2. The molecule has 0 aromatic heterocycles. The Kier molecular flexibility index (Phi) is 2.79. The lowest BCUT2D eigenvalue weighted by Crippen LogP contribution is -2.42. The number of likely N-dealkylation sites (tertiary alicyclic amines) is 1. The summed E-state index contributed by atoms with van der Waals surface area (Å²) in [6.45, 7) is 7.23. The second-order valence-electron chi connectivity index (χ2n) is 6.20. The molecule has 0 unspecified atom stereocenters. The molecule has 1 heterocycles. The first-order chi connectivity index (χ1) is 7.84.